The SMILES string of the molecule is CCCc1c(C(=O)Nc2c(CC)cc(C(F)(F)F)cc2CC)c(=O)c(CC)c(C)n1C. The molecule has 0 atom stereocenters. The fourth-order valence-corrected chi connectivity index (χ4v) is 4.02. The number of aromatic nitrogens is 1. The third kappa shape index (κ3) is 4.86. The highest BCUT2D eigenvalue weighted by Crippen LogP contribution is 2.35. The normalized spacial score (nSPS) is 11.6. The average molecular weight is 437 g/mol. The monoisotopic (exact) mass is 436 g/mol. The van der Waals surface area contributed by atoms with Crippen LogP contribution in [0.3, 0.4) is 0 Å². The summed E-state index contributed by atoms with van der Waals surface area (Å²) in [4.78, 5) is 26.5. The second kappa shape index (κ2) is 9.71. The first-order valence-electron chi connectivity index (χ1n) is 10.8. The Hall–Kier alpha value is -2.57. The van der Waals surface area contributed by atoms with Crippen molar-refractivity contribution < 1.29 is 18.0 Å². The van der Waals surface area contributed by atoms with E-state index in [0.717, 1.165) is 24.2 Å². The molecule has 170 valence electrons. The van der Waals surface area contributed by atoms with Gasteiger partial charge < -0.3 is 9.88 Å². The summed E-state index contributed by atoms with van der Waals surface area (Å²) >= 11 is 0. The number of amides is 1. The van der Waals surface area contributed by atoms with Gasteiger partial charge in [0.25, 0.3) is 5.91 Å². The van der Waals surface area contributed by atoms with E-state index in [-0.39, 0.29) is 11.0 Å². The van der Waals surface area contributed by atoms with Crippen LogP contribution in [-0.2, 0) is 38.9 Å². The van der Waals surface area contributed by atoms with Gasteiger partial charge in [-0.3, -0.25) is 9.59 Å². The molecule has 1 aromatic heterocycles. The summed E-state index contributed by atoms with van der Waals surface area (Å²) in [5.41, 5.74) is 2.25. The van der Waals surface area contributed by atoms with E-state index in [4.69, 9.17) is 0 Å². The van der Waals surface area contributed by atoms with Crippen molar-refractivity contribution in [3.05, 3.63) is 61.6 Å². The van der Waals surface area contributed by atoms with E-state index in [1.807, 2.05) is 32.4 Å². The summed E-state index contributed by atoms with van der Waals surface area (Å²) in [7, 11) is 1.84. The molecule has 0 radical (unpaired) electrons. The second-order valence-corrected chi connectivity index (χ2v) is 7.71. The minimum Gasteiger partial charge on any atom is -0.351 e. The number of aryl methyl sites for hydroxylation is 2. The zero-order chi connectivity index (χ0) is 23.5. The topological polar surface area (TPSA) is 51.1 Å². The van der Waals surface area contributed by atoms with Gasteiger partial charge in [0.15, 0.2) is 5.43 Å². The van der Waals surface area contributed by atoms with Crippen LogP contribution in [0.15, 0.2) is 16.9 Å². The van der Waals surface area contributed by atoms with Crippen molar-refractivity contribution in [2.24, 2.45) is 7.05 Å². The van der Waals surface area contributed by atoms with Crippen LogP contribution in [0.1, 0.15) is 78.1 Å². The van der Waals surface area contributed by atoms with Crippen LogP contribution in [0.4, 0.5) is 18.9 Å². The Bertz CT molecular complexity index is 1010. The number of benzene rings is 1. The van der Waals surface area contributed by atoms with Crippen molar-refractivity contribution in [3.8, 4) is 0 Å². The Morgan fingerprint density at radius 1 is 1.03 bits per heavy atom. The number of nitrogens with zero attached hydrogens (tertiary/aromatic N) is 1. The van der Waals surface area contributed by atoms with E-state index in [1.54, 1.807) is 13.8 Å². The average Bonchev–Trinajstić information content (AvgIpc) is 2.71. The molecule has 2 rings (SSSR count). The highest BCUT2D eigenvalue weighted by molar-refractivity contribution is 6.06. The largest absolute Gasteiger partial charge is 0.416 e. The number of alkyl halides is 3. The number of hydrogen-bond acceptors (Lipinski definition) is 2. The van der Waals surface area contributed by atoms with Gasteiger partial charge in [-0.15, -0.1) is 0 Å². The molecule has 31 heavy (non-hydrogen) atoms. The zero-order valence-corrected chi connectivity index (χ0v) is 19.1. The lowest BCUT2D eigenvalue weighted by Crippen LogP contribution is -2.31. The van der Waals surface area contributed by atoms with Crippen LogP contribution in [0.2, 0.25) is 0 Å². The molecule has 0 aliphatic rings. The molecule has 1 N–H and O–H groups in total. The first-order chi connectivity index (χ1) is 14.5. The lowest BCUT2D eigenvalue weighted by Gasteiger charge is -2.21. The maximum Gasteiger partial charge on any atom is 0.416 e. The molecule has 7 heteroatoms. The van der Waals surface area contributed by atoms with Gasteiger partial charge in [0, 0.05) is 29.7 Å². The number of pyridine rings is 1. The number of hydrogen-bond donors (Lipinski definition) is 1. The van der Waals surface area contributed by atoms with Gasteiger partial charge in [-0.1, -0.05) is 34.1 Å². The number of carbonyl (C=O) groups is 1. The van der Waals surface area contributed by atoms with Crippen molar-refractivity contribution in [3.63, 3.8) is 0 Å². The molecule has 1 heterocycles. The molecule has 0 saturated heterocycles. The molecule has 0 saturated carbocycles. The fourth-order valence-electron chi connectivity index (χ4n) is 4.02. The Morgan fingerprint density at radius 3 is 2.00 bits per heavy atom. The molecule has 1 amide bonds. The van der Waals surface area contributed by atoms with Gasteiger partial charge in [-0.2, -0.15) is 13.2 Å². The summed E-state index contributed by atoms with van der Waals surface area (Å²) in [6.07, 6.45) is -2.03. The van der Waals surface area contributed by atoms with Crippen LogP contribution < -0.4 is 10.7 Å². The van der Waals surface area contributed by atoms with Crippen LogP contribution >= 0.6 is 0 Å². The van der Waals surface area contributed by atoms with Gasteiger partial charge in [-0.25, -0.2) is 0 Å². The van der Waals surface area contributed by atoms with Crippen LogP contribution in [-0.4, -0.2) is 10.5 Å². The van der Waals surface area contributed by atoms with E-state index in [2.05, 4.69) is 5.32 Å². The molecule has 0 bridgehead atoms. The summed E-state index contributed by atoms with van der Waals surface area (Å²) < 4.78 is 41.8. The van der Waals surface area contributed by atoms with Crippen molar-refractivity contribution in [1.29, 1.82) is 0 Å². The number of halogens is 3. The third-order valence-electron chi connectivity index (χ3n) is 5.83. The van der Waals surface area contributed by atoms with Crippen molar-refractivity contribution >= 4 is 11.6 Å². The highest BCUT2D eigenvalue weighted by atomic mass is 19.4. The maximum absolute atomic E-state index is 13.3. The Morgan fingerprint density at radius 2 is 1.58 bits per heavy atom. The van der Waals surface area contributed by atoms with Crippen LogP contribution in [0.5, 0.6) is 0 Å². The zero-order valence-electron chi connectivity index (χ0n) is 19.1. The quantitative estimate of drug-likeness (QED) is 0.614. The van der Waals surface area contributed by atoms with E-state index < -0.39 is 17.6 Å². The van der Waals surface area contributed by atoms with Gasteiger partial charge in [0.2, 0.25) is 0 Å². The van der Waals surface area contributed by atoms with Crippen LogP contribution in [0, 0.1) is 6.92 Å². The molecule has 0 spiro atoms. The van der Waals surface area contributed by atoms with Gasteiger partial charge in [-0.05, 0) is 55.9 Å². The standard InChI is InChI=1S/C24H31F3N2O2/c1-7-11-19-20(22(30)18(10-4)14(5)29(19)6)23(31)28-21-15(8-2)12-17(24(25,26)27)13-16(21)9-3/h12-13H,7-11H2,1-6H3,(H,28,31). The van der Waals surface area contributed by atoms with Crippen molar-refractivity contribution in [2.45, 2.75) is 72.9 Å². The first-order valence-corrected chi connectivity index (χ1v) is 10.8. The highest BCUT2D eigenvalue weighted by Gasteiger charge is 2.32. The molecule has 4 nitrogen and oxygen atoms in total. The van der Waals surface area contributed by atoms with E-state index in [0.29, 0.717) is 53.8 Å². The van der Waals surface area contributed by atoms with Gasteiger partial charge in [0.1, 0.15) is 5.56 Å². The number of rotatable bonds is 7. The predicted octanol–water partition coefficient (Wildman–Crippen LogP) is 5.60. The summed E-state index contributed by atoms with van der Waals surface area (Å²) in [6.45, 7) is 9.18. The predicted molar refractivity (Wildman–Crippen MR) is 118 cm³/mol. The summed E-state index contributed by atoms with van der Waals surface area (Å²) in [5.74, 6) is -0.567. The summed E-state index contributed by atoms with van der Waals surface area (Å²) in [6, 6.07) is 2.15. The lowest BCUT2D eigenvalue weighted by atomic mass is 9.97. The molecule has 2 aromatic rings. The molecular weight excluding hydrogens is 405 g/mol. The molecule has 0 unspecified atom stereocenters. The minimum absolute atomic E-state index is 0.0794. The molecule has 1 aromatic carbocycles. The first kappa shape index (κ1) is 24.7. The van der Waals surface area contributed by atoms with Crippen molar-refractivity contribution in [2.75, 3.05) is 5.32 Å². The van der Waals surface area contributed by atoms with E-state index >= 15 is 0 Å². The van der Waals surface area contributed by atoms with Gasteiger partial charge >= 0.3 is 6.18 Å². The Labute approximate surface area is 181 Å². The number of carbonyl (C=O) groups excluding carboxylic acids is 1. The minimum atomic E-state index is -4.46. The van der Waals surface area contributed by atoms with Crippen molar-refractivity contribution in [1.82, 2.24) is 4.57 Å². The summed E-state index contributed by atoms with van der Waals surface area (Å²) in [5, 5.41) is 2.79. The number of nitrogens with one attached hydrogen (secondary N) is 1. The van der Waals surface area contributed by atoms with E-state index in [9.17, 15) is 22.8 Å². The third-order valence-corrected chi connectivity index (χ3v) is 5.83. The van der Waals surface area contributed by atoms with Gasteiger partial charge in [0.05, 0.1) is 5.56 Å². The maximum atomic E-state index is 13.3. The number of anilines is 1. The fraction of sp³-hybridized carbons (Fsp3) is 0.500. The van der Waals surface area contributed by atoms with Crippen LogP contribution in [0.25, 0.3) is 0 Å². The molecular formula is C24H31F3N2O2. The Kier molecular flexibility index (Phi) is 7.73. The smallest absolute Gasteiger partial charge is 0.351 e. The second-order valence-electron chi connectivity index (χ2n) is 7.71. The molecule has 0 aliphatic heterocycles. The molecule has 0 fully saturated rings. The molecule has 0 aliphatic carbocycles. The van der Waals surface area contributed by atoms with E-state index in [1.165, 1.54) is 0 Å². The lowest BCUT2D eigenvalue weighted by molar-refractivity contribution is -0.137. The Balaban J connectivity index is 2.68.